The Balaban J connectivity index is 1.71. The predicted molar refractivity (Wildman–Crippen MR) is 90.6 cm³/mol. The molecule has 0 amide bonds. The highest BCUT2D eigenvalue weighted by Gasteiger charge is 2.20. The molecule has 1 aliphatic rings. The largest absolute Gasteiger partial charge is 0.496 e. The molecular weight excluding hydrogens is 294 g/mol. The topological polar surface area (TPSA) is 51.4 Å². The molecule has 1 aromatic carbocycles. The van der Waals surface area contributed by atoms with Crippen molar-refractivity contribution in [2.24, 2.45) is 5.73 Å². The maximum atomic E-state index is 5.61. The third-order valence-electron chi connectivity index (χ3n) is 4.07. The minimum atomic E-state index is 0.769. The average Bonchev–Trinajstić information content (AvgIpc) is 2.95. The number of para-hydroxylation sites is 1. The number of ether oxygens (including phenoxy) is 1. The van der Waals surface area contributed by atoms with Gasteiger partial charge in [0.05, 0.1) is 17.8 Å². The van der Waals surface area contributed by atoms with Crippen LogP contribution in [0.4, 0.5) is 0 Å². The molecule has 2 heterocycles. The van der Waals surface area contributed by atoms with Gasteiger partial charge in [0.1, 0.15) is 5.75 Å². The van der Waals surface area contributed by atoms with Crippen LogP contribution in [-0.4, -0.2) is 36.6 Å². The van der Waals surface area contributed by atoms with E-state index in [1.165, 1.54) is 21.1 Å². The summed E-state index contributed by atoms with van der Waals surface area (Å²) in [6.07, 6.45) is 2.98. The molecule has 4 nitrogen and oxygen atoms in total. The summed E-state index contributed by atoms with van der Waals surface area (Å²) in [4.78, 5) is 8.76. The number of aromatic nitrogens is 1. The number of hydrogen-bond acceptors (Lipinski definition) is 5. The monoisotopic (exact) mass is 317 g/mol. The van der Waals surface area contributed by atoms with Crippen LogP contribution in [0.25, 0.3) is 0 Å². The number of thiazole rings is 1. The van der Waals surface area contributed by atoms with Gasteiger partial charge in [0.25, 0.3) is 0 Å². The van der Waals surface area contributed by atoms with Gasteiger partial charge < -0.3 is 10.5 Å². The minimum Gasteiger partial charge on any atom is -0.496 e. The molecule has 0 radical (unpaired) electrons. The van der Waals surface area contributed by atoms with Crippen LogP contribution in [0.5, 0.6) is 5.75 Å². The van der Waals surface area contributed by atoms with Gasteiger partial charge >= 0.3 is 0 Å². The fraction of sp³-hybridized carbons (Fsp3) is 0.471. The summed E-state index contributed by atoms with van der Waals surface area (Å²) in [7, 11) is 1.72. The summed E-state index contributed by atoms with van der Waals surface area (Å²) in [6, 6.07) is 8.19. The van der Waals surface area contributed by atoms with Crippen molar-refractivity contribution in [3.63, 3.8) is 0 Å². The summed E-state index contributed by atoms with van der Waals surface area (Å²) < 4.78 is 5.44. The molecule has 0 bridgehead atoms. The lowest BCUT2D eigenvalue weighted by atomic mass is 10.1. The Kier molecular flexibility index (Phi) is 5.08. The molecule has 0 saturated carbocycles. The molecule has 118 valence electrons. The van der Waals surface area contributed by atoms with E-state index in [1.807, 2.05) is 23.5 Å². The van der Waals surface area contributed by atoms with E-state index in [2.05, 4.69) is 17.0 Å². The Labute approximate surface area is 135 Å². The fourth-order valence-electron chi connectivity index (χ4n) is 2.90. The van der Waals surface area contributed by atoms with Crippen LogP contribution in [0.2, 0.25) is 0 Å². The molecule has 5 heteroatoms. The van der Waals surface area contributed by atoms with Crippen molar-refractivity contribution in [3.8, 4) is 5.75 Å². The lowest BCUT2D eigenvalue weighted by Crippen LogP contribution is -2.31. The van der Waals surface area contributed by atoms with Crippen molar-refractivity contribution >= 4 is 11.3 Å². The number of fused-ring (bicyclic) bond motifs is 1. The van der Waals surface area contributed by atoms with E-state index < -0.39 is 0 Å². The molecule has 0 unspecified atom stereocenters. The van der Waals surface area contributed by atoms with E-state index in [4.69, 9.17) is 15.5 Å². The Morgan fingerprint density at radius 1 is 1.36 bits per heavy atom. The Morgan fingerprint density at radius 3 is 3.05 bits per heavy atom. The van der Waals surface area contributed by atoms with Crippen molar-refractivity contribution in [1.29, 1.82) is 0 Å². The number of nitrogens with two attached hydrogens (primary N) is 1. The first-order valence-corrected chi connectivity index (χ1v) is 8.63. The smallest absolute Gasteiger partial charge is 0.122 e. The van der Waals surface area contributed by atoms with Crippen LogP contribution < -0.4 is 10.5 Å². The first kappa shape index (κ1) is 15.5. The second-order valence-corrected chi connectivity index (χ2v) is 6.80. The highest BCUT2D eigenvalue weighted by Crippen LogP contribution is 2.28. The molecule has 0 spiro atoms. The lowest BCUT2D eigenvalue weighted by molar-refractivity contribution is 0.254. The number of methoxy groups -OCH3 is 1. The molecule has 2 N–H and O–H groups in total. The van der Waals surface area contributed by atoms with Crippen LogP contribution in [0.3, 0.4) is 0 Å². The predicted octanol–water partition coefficient (Wildman–Crippen LogP) is 2.45. The van der Waals surface area contributed by atoms with Crippen LogP contribution in [0.1, 0.15) is 27.6 Å². The zero-order chi connectivity index (χ0) is 15.4. The van der Waals surface area contributed by atoms with Crippen LogP contribution in [0.15, 0.2) is 24.3 Å². The molecule has 0 fully saturated rings. The summed E-state index contributed by atoms with van der Waals surface area (Å²) in [6.45, 7) is 3.99. The SMILES string of the molecule is COc1ccccc1Cc1nc2c(s1)CN(CCCN)CC2. The van der Waals surface area contributed by atoms with Crippen molar-refractivity contribution in [1.82, 2.24) is 9.88 Å². The van der Waals surface area contributed by atoms with E-state index in [0.717, 1.165) is 51.2 Å². The zero-order valence-corrected chi connectivity index (χ0v) is 13.9. The molecule has 2 aromatic rings. The Bertz CT molecular complexity index is 626. The van der Waals surface area contributed by atoms with E-state index in [9.17, 15) is 0 Å². The standard InChI is InChI=1S/C17H23N3OS/c1-21-15-6-3-2-5-13(15)11-17-19-14-7-10-20(9-4-8-18)12-16(14)22-17/h2-3,5-6H,4,7-12,18H2,1H3. The van der Waals surface area contributed by atoms with Gasteiger partial charge in [0, 0.05) is 36.4 Å². The van der Waals surface area contributed by atoms with Gasteiger partial charge in [-0.3, -0.25) is 4.90 Å². The second kappa shape index (κ2) is 7.22. The van der Waals surface area contributed by atoms with E-state index >= 15 is 0 Å². The molecule has 0 saturated heterocycles. The Hall–Kier alpha value is -1.43. The third-order valence-corrected chi connectivity index (χ3v) is 5.15. The molecule has 1 aliphatic heterocycles. The molecule has 22 heavy (non-hydrogen) atoms. The van der Waals surface area contributed by atoms with Crippen LogP contribution in [0, 0.1) is 0 Å². The first-order chi connectivity index (χ1) is 10.8. The quantitative estimate of drug-likeness (QED) is 0.889. The van der Waals surface area contributed by atoms with E-state index in [0.29, 0.717) is 0 Å². The van der Waals surface area contributed by atoms with Gasteiger partial charge in [-0.15, -0.1) is 11.3 Å². The molecule has 1 aromatic heterocycles. The molecule has 0 aliphatic carbocycles. The maximum absolute atomic E-state index is 5.61. The van der Waals surface area contributed by atoms with Crippen LogP contribution in [-0.2, 0) is 19.4 Å². The van der Waals surface area contributed by atoms with Gasteiger partial charge in [-0.2, -0.15) is 0 Å². The summed E-state index contributed by atoms with van der Waals surface area (Å²) >= 11 is 1.85. The summed E-state index contributed by atoms with van der Waals surface area (Å²) in [5.41, 5.74) is 8.10. The van der Waals surface area contributed by atoms with Crippen molar-refractivity contribution in [3.05, 3.63) is 45.4 Å². The first-order valence-electron chi connectivity index (χ1n) is 7.82. The Morgan fingerprint density at radius 2 is 2.23 bits per heavy atom. The van der Waals surface area contributed by atoms with Gasteiger partial charge in [-0.25, -0.2) is 4.98 Å². The molecule has 0 atom stereocenters. The number of nitrogens with zero attached hydrogens (tertiary/aromatic N) is 2. The normalized spacial score (nSPS) is 14.8. The summed E-state index contributed by atoms with van der Waals surface area (Å²) in [5, 5.41) is 1.19. The average molecular weight is 317 g/mol. The molecule has 3 rings (SSSR count). The minimum absolute atomic E-state index is 0.769. The highest BCUT2D eigenvalue weighted by atomic mass is 32.1. The van der Waals surface area contributed by atoms with Gasteiger partial charge in [-0.1, -0.05) is 18.2 Å². The number of rotatable bonds is 6. The van der Waals surface area contributed by atoms with Gasteiger partial charge in [0.2, 0.25) is 0 Å². The van der Waals surface area contributed by atoms with Crippen molar-refractivity contribution in [2.45, 2.75) is 25.8 Å². The van der Waals surface area contributed by atoms with Crippen LogP contribution >= 0.6 is 11.3 Å². The van der Waals surface area contributed by atoms with E-state index in [-0.39, 0.29) is 0 Å². The second-order valence-electron chi connectivity index (χ2n) is 5.63. The fourth-order valence-corrected chi connectivity index (χ4v) is 4.08. The van der Waals surface area contributed by atoms with Crippen molar-refractivity contribution in [2.75, 3.05) is 26.7 Å². The van der Waals surface area contributed by atoms with E-state index in [1.54, 1.807) is 7.11 Å². The maximum Gasteiger partial charge on any atom is 0.122 e. The van der Waals surface area contributed by atoms with Gasteiger partial charge in [0.15, 0.2) is 0 Å². The third kappa shape index (κ3) is 3.48. The highest BCUT2D eigenvalue weighted by molar-refractivity contribution is 7.11. The zero-order valence-electron chi connectivity index (χ0n) is 13.0. The molecular formula is C17H23N3OS. The summed E-state index contributed by atoms with van der Waals surface area (Å²) in [5.74, 6) is 0.945. The van der Waals surface area contributed by atoms with Gasteiger partial charge in [-0.05, 0) is 25.6 Å². The number of benzene rings is 1. The number of hydrogen-bond donors (Lipinski definition) is 1. The van der Waals surface area contributed by atoms with Crippen molar-refractivity contribution < 1.29 is 4.74 Å². The lowest BCUT2D eigenvalue weighted by Gasteiger charge is -2.25.